The Hall–Kier alpha value is -1.01. The second-order valence-electron chi connectivity index (χ2n) is 7.66. The third kappa shape index (κ3) is 3.97. The Morgan fingerprint density at radius 1 is 1.17 bits per heavy atom. The minimum Gasteiger partial charge on any atom is -0.377 e. The molecule has 0 saturated carbocycles. The van der Waals surface area contributed by atoms with Crippen molar-refractivity contribution < 1.29 is 9.47 Å². The van der Waals surface area contributed by atoms with E-state index in [4.69, 9.17) is 9.47 Å². The van der Waals surface area contributed by atoms with Gasteiger partial charge in [0.05, 0.1) is 25.5 Å². The molecule has 4 heterocycles. The highest BCUT2D eigenvalue weighted by Gasteiger charge is 2.43. The Kier molecular flexibility index (Phi) is 5.13. The smallest absolute Gasteiger partial charge is 0.104 e. The Morgan fingerprint density at radius 2 is 2.08 bits per heavy atom. The molecule has 24 heavy (non-hydrogen) atoms. The molecule has 132 valence electrons. The minimum absolute atomic E-state index is 0.115. The van der Waals surface area contributed by atoms with Crippen LogP contribution >= 0.6 is 0 Å². The van der Waals surface area contributed by atoms with Crippen LogP contribution in [0, 0.1) is 5.92 Å². The van der Waals surface area contributed by atoms with Gasteiger partial charge in [-0.05, 0) is 50.4 Å². The van der Waals surface area contributed by atoms with Gasteiger partial charge in [-0.25, -0.2) is 0 Å². The number of nitrogens with zero attached hydrogens (tertiary/aromatic N) is 3. The molecule has 2 atom stereocenters. The Morgan fingerprint density at radius 3 is 2.92 bits per heavy atom. The van der Waals surface area contributed by atoms with Gasteiger partial charge in [-0.15, -0.1) is 0 Å². The molecule has 3 aliphatic rings. The van der Waals surface area contributed by atoms with Crippen LogP contribution in [0.2, 0.25) is 0 Å². The van der Waals surface area contributed by atoms with Crippen molar-refractivity contribution in [3.8, 4) is 0 Å². The number of hydrogen-bond donors (Lipinski definition) is 0. The van der Waals surface area contributed by atoms with Crippen LogP contribution in [-0.2, 0) is 16.0 Å². The number of likely N-dealkylation sites (tertiary alicyclic amines) is 1. The summed E-state index contributed by atoms with van der Waals surface area (Å²) in [6.45, 7) is 8.94. The van der Waals surface area contributed by atoms with E-state index >= 15 is 0 Å². The lowest BCUT2D eigenvalue weighted by molar-refractivity contribution is -0.0563. The van der Waals surface area contributed by atoms with E-state index in [0.29, 0.717) is 5.92 Å². The molecule has 5 nitrogen and oxygen atoms in total. The van der Waals surface area contributed by atoms with Crippen molar-refractivity contribution in [2.45, 2.75) is 31.4 Å². The highest BCUT2D eigenvalue weighted by molar-refractivity contribution is 5.04. The molecule has 0 aromatic carbocycles. The van der Waals surface area contributed by atoms with Crippen molar-refractivity contribution in [2.24, 2.45) is 5.92 Å². The van der Waals surface area contributed by atoms with Crippen LogP contribution in [0.15, 0.2) is 24.4 Å². The first-order chi connectivity index (χ1) is 11.8. The van der Waals surface area contributed by atoms with Crippen LogP contribution in [-0.4, -0.2) is 72.9 Å². The maximum absolute atomic E-state index is 6.34. The summed E-state index contributed by atoms with van der Waals surface area (Å²) < 4.78 is 12.3. The molecule has 3 aliphatic heterocycles. The van der Waals surface area contributed by atoms with Crippen LogP contribution in [0.5, 0.6) is 0 Å². The first kappa shape index (κ1) is 16.5. The highest BCUT2D eigenvalue weighted by atomic mass is 16.5. The fraction of sp³-hybridized carbons (Fsp3) is 0.737. The number of aromatic nitrogens is 1. The molecule has 0 amide bonds. The van der Waals surface area contributed by atoms with Crippen molar-refractivity contribution >= 4 is 0 Å². The fourth-order valence-corrected chi connectivity index (χ4v) is 4.44. The van der Waals surface area contributed by atoms with E-state index in [1.54, 1.807) is 0 Å². The van der Waals surface area contributed by atoms with Crippen LogP contribution < -0.4 is 0 Å². The van der Waals surface area contributed by atoms with E-state index in [2.05, 4.69) is 26.9 Å². The normalized spacial score (nSPS) is 32.4. The summed E-state index contributed by atoms with van der Waals surface area (Å²) in [6, 6.07) is 6.13. The van der Waals surface area contributed by atoms with Crippen LogP contribution in [0.3, 0.4) is 0 Å². The van der Waals surface area contributed by atoms with Gasteiger partial charge in [0.1, 0.15) is 5.60 Å². The Labute approximate surface area is 144 Å². The summed E-state index contributed by atoms with van der Waals surface area (Å²) in [5, 5.41) is 0. The Balaban J connectivity index is 1.37. The van der Waals surface area contributed by atoms with Gasteiger partial charge in [-0.1, -0.05) is 6.07 Å². The third-order valence-corrected chi connectivity index (χ3v) is 5.54. The van der Waals surface area contributed by atoms with Gasteiger partial charge < -0.3 is 14.4 Å². The largest absolute Gasteiger partial charge is 0.377 e. The molecule has 1 aromatic heterocycles. The maximum atomic E-state index is 6.34. The Bertz CT molecular complexity index is 521. The summed E-state index contributed by atoms with van der Waals surface area (Å²) in [7, 11) is 0. The molecule has 1 aromatic rings. The van der Waals surface area contributed by atoms with Crippen LogP contribution in [0.4, 0.5) is 0 Å². The molecule has 4 rings (SSSR count). The van der Waals surface area contributed by atoms with E-state index in [1.807, 2.05) is 12.3 Å². The fourth-order valence-electron chi connectivity index (χ4n) is 4.44. The third-order valence-electron chi connectivity index (χ3n) is 5.54. The zero-order chi connectivity index (χ0) is 16.2. The summed E-state index contributed by atoms with van der Waals surface area (Å²) in [5.74, 6) is 0.654. The molecule has 3 saturated heterocycles. The summed E-state index contributed by atoms with van der Waals surface area (Å²) in [6.07, 6.45) is 5.72. The predicted octanol–water partition coefficient (Wildman–Crippen LogP) is 1.78. The van der Waals surface area contributed by atoms with E-state index in [0.717, 1.165) is 51.6 Å². The van der Waals surface area contributed by atoms with Crippen molar-refractivity contribution in [2.75, 3.05) is 52.5 Å². The van der Waals surface area contributed by atoms with E-state index < -0.39 is 0 Å². The van der Waals surface area contributed by atoms with Crippen molar-refractivity contribution in [1.82, 2.24) is 14.8 Å². The van der Waals surface area contributed by atoms with Crippen molar-refractivity contribution in [3.05, 3.63) is 30.1 Å². The van der Waals surface area contributed by atoms with Gasteiger partial charge in [0, 0.05) is 32.4 Å². The molecule has 5 heteroatoms. The maximum Gasteiger partial charge on any atom is 0.104 e. The van der Waals surface area contributed by atoms with E-state index in [1.165, 1.54) is 32.5 Å². The number of ether oxygens (including phenoxy) is 2. The number of hydrogen-bond acceptors (Lipinski definition) is 5. The van der Waals surface area contributed by atoms with E-state index in [-0.39, 0.29) is 5.60 Å². The first-order valence-electron chi connectivity index (χ1n) is 9.38. The second kappa shape index (κ2) is 7.48. The van der Waals surface area contributed by atoms with Gasteiger partial charge in [0.15, 0.2) is 0 Å². The molecule has 0 radical (unpaired) electrons. The lowest BCUT2D eigenvalue weighted by atomic mass is 9.94. The molecular weight excluding hydrogens is 302 g/mol. The first-order valence-corrected chi connectivity index (χ1v) is 9.38. The SMILES string of the molecule is c1ccc(CN2CCOC[C@]3(C[C@H](CN4CCCC4)CO3)C2)nc1. The van der Waals surface area contributed by atoms with Gasteiger partial charge in [0.2, 0.25) is 0 Å². The number of pyridine rings is 1. The standard InChI is InChI=1S/C19H29N3O2/c1-2-6-20-18(5-1)13-22-9-10-23-16-19(15-22)11-17(14-24-19)12-21-7-3-4-8-21/h1-2,5-6,17H,3-4,7-16H2/t17-,19+/m1/s1. The molecule has 0 unspecified atom stereocenters. The van der Waals surface area contributed by atoms with Crippen molar-refractivity contribution in [1.29, 1.82) is 0 Å². The molecule has 0 aliphatic carbocycles. The predicted molar refractivity (Wildman–Crippen MR) is 92.8 cm³/mol. The monoisotopic (exact) mass is 331 g/mol. The molecule has 0 bridgehead atoms. The van der Waals surface area contributed by atoms with Gasteiger partial charge in [0.25, 0.3) is 0 Å². The summed E-state index contributed by atoms with van der Waals surface area (Å²) in [4.78, 5) is 9.53. The zero-order valence-electron chi connectivity index (χ0n) is 14.5. The molecule has 1 spiro atoms. The van der Waals surface area contributed by atoms with Crippen LogP contribution in [0.25, 0.3) is 0 Å². The summed E-state index contributed by atoms with van der Waals surface area (Å²) in [5.41, 5.74) is 1.01. The lowest BCUT2D eigenvalue weighted by Gasteiger charge is -2.31. The average molecular weight is 331 g/mol. The highest BCUT2D eigenvalue weighted by Crippen LogP contribution is 2.34. The zero-order valence-corrected chi connectivity index (χ0v) is 14.5. The van der Waals surface area contributed by atoms with Crippen LogP contribution in [0.1, 0.15) is 25.0 Å². The van der Waals surface area contributed by atoms with Gasteiger partial charge in [-0.3, -0.25) is 9.88 Å². The van der Waals surface area contributed by atoms with Crippen molar-refractivity contribution in [3.63, 3.8) is 0 Å². The topological polar surface area (TPSA) is 37.8 Å². The molecule has 0 N–H and O–H groups in total. The second-order valence-corrected chi connectivity index (χ2v) is 7.66. The lowest BCUT2D eigenvalue weighted by Crippen LogP contribution is -2.44. The van der Waals surface area contributed by atoms with Gasteiger partial charge in [-0.2, -0.15) is 0 Å². The molecular formula is C19H29N3O2. The minimum atomic E-state index is -0.115. The molecule has 3 fully saturated rings. The quantitative estimate of drug-likeness (QED) is 0.841. The summed E-state index contributed by atoms with van der Waals surface area (Å²) >= 11 is 0. The number of rotatable bonds is 4. The van der Waals surface area contributed by atoms with E-state index in [9.17, 15) is 0 Å². The van der Waals surface area contributed by atoms with Gasteiger partial charge >= 0.3 is 0 Å². The average Bonchev–Trinajstić information content (AvgIpc) is 3.19.